The summed E-state index contributed by atoms with van der Waals surface area (Å²) in [6.45, 7) is 3.56. The number of nitrogens with two attached hydrogens (primary N) is 1. The van der Waals surface area contributed by atoms with Gasteiger partial charge in [0.15, 0.2) is 5.82 Å². The zero-order valence-corrected chi connectivity index (χ0v) is 17.9. The fourth-order valence-electron chi connectivity index (χ4n) is 5.13. The molecule has 2 fully saturated rings. The molecule has 0 bridgehead atoms. The summed E-state index contributed by atoms with van der Waals surface area (Å²) in [6, 6.07) is 7.80. The van der Waals surface area contributed by atoms with Crippen molar-refractivity contribution in [3.8, 4) is 0 Å². The summed E-state index contributed by atoms with van der Waals surface area (Å²) in [4.78, 5) is 6.74. The van der Waals surface area contributed by atoms with Crippen molar-refractivity contribution in [1.82, 2.24) is 9.47 Å². The number of benzene rings is 1. The third-order valence-corrected chi connectivity index (χ3v) is 6.55. The summed E-state index contributed by atoms with van der Waals surface area (Å²) < 4.78 is 15.3. The van der Waals surface area contributed by atoms with Crippen molar-refractivity contribution < 1.29 is 4.39 Å². The van der Waals surface area contributed by atoms with E-state index in [1.165, 1.54) is 41.5 Å². The lowest BCUT2D eigenvalue weighted by atomic mass is 9.56. The van der Waals surface area contributed by atoms with Gasteiger partial charge in [-0.25, -0.2) is 4.39 Å². The Kier molecular flexibility index (Phi) is 5.91. The molecule has 0 radical (unpaired) electrons. The lowest BCUT2D eigenvalue weighted by Gasteiger charge is -2.59. The summed E-state index contributed by atoms with van der Waals surface area (Å²) in [5, 5.41) is 18.1. The molecule has 31 heavy (non-hydrogen) atoms. The van der Waals surface area contributed by atoms with E-state index in [2.05, 4.69) is 27.3 Å². The Labute approximate surface area is 181 Å². The first kappa shape index (κ1) is 21.2. The number of anilines is 2. The van der Waals surface area contributed by atoms with Gasteiger partial charge in [-0.15, -0.1) is 0 Å². The van der Waals surface area contributed by atoms with Gasteiger partial charge < -0.3 is 21.4 Å². The van der Waals surface area contributed by atoms with E-state index < -0.39 is 5.82 Å². The van der Waals surface area contributed by atoms with Crippen LogP contribution in [0.4, 0.5) is 15.9 Å². The number of nitrogens with zero attached hydrogens (tertiary/aromatic N) is 3. The molecule has 5 N–H and O–H groups in total. The molecule has 1 aliphatic carbocycles. The van der Waals surface area contributed by atoms with E-state index in [0.29, 0.717) is 17.8 Å². The van der Waals surface area contributed by atoms with Gasteiger partial charge in [0, 0.05) is 56.4 Å². The number of nitrogen functional groups attached to an aromatic ring is 1. The van der Waals surface area contributed by atoms with Crippen molar-refractivity contribution >= 4 is 24.1 Å². The average Bonchev–Trinajstić information content (AvgIpc) is 2.72. The molecule has 1 aliphatic heterocycles. The molecule has 2 heterocycles. The molecule has 7 nitrogen and oxygen atoms in total. The minimum Gasteiger partial charge on any atom is -0.388 e. The van der Waals surface area contributed by atoms with E-state index in [4.69, 9.17) is 16.6 Å². The monoisotopic (exact) mass is 423 g/mol. The van der Waals surface area contributed by atoms with Gasteiger partial charge in [-0.1, -0.05) is 12.1 Å². The maximum Gasteiger partial charge on any atom is 0.165 e. The minimum atomic E-state index is -0.463. The largest absolute Gasteiger partial charge is 0.388 e. The van der Waals surface area contributed by atoms with Crippen molar-refractivity contribution in [1.29, 1.82) is 10.8 Å². The number of hydrogen-bond donors (Lipinski definition) is 4. The number of hydrogen-bond acceptors (Lipinski definition) is 6. The van der Waals surface area contributed by atoms with Crippen LogP contribution in [0.3, 0.4) is 0 Å². The Morgan fingerprint density at radius 3 is 2.74 bits per heavy atom. The highest BCUT2D eigenvalue weighted by molar-refractivity contribution is 5.85. The SMILES string of the molecule is CNc1cc(CC2CC3(C2)CN(CCN=c2cc(N)n(C=N)cc2F)C3)ccc1C=N. The summed E-state index contributed by atoms with van der Waals surface area (Å²) in [5.41, 5.74) is 9.52. The molecule has 2 aromatic rings. The van der Waals surface area contributed by atoms with Crippen LogP contribution in [0.15, 0.2) is 35.5 Å². The number of pyridine rings is 1. The van der Waals surface area contributed by atoms with Crippen molar-refractivity contribution in [2.45, 2.75) is 19.3 Å². The average molecular weight is 424 g/mol. The van der Waals surface area contributed by atoms with Gasteiger partial charge in [0.2, 0.25) is 0 Å². The molecule has 1 aromatic heterocycles. The van der Waals surface area contributed by atoms with Gasteiger partial charge >= 0.3 is 0 Å². The van der Waals surface area contributed by atoms with Gasteiger partial charge in [-0.05, 0) is 42.2 Å². The lowest BCUT2D eigenvalue weighted by Crippen LogP contribution is -2.62. The fourth-order valence-corrected chi connectivity index (χ4v) is 5.13. The van der Waals surface area contributed by atoms with Crippen molar-refractivity contribution in [3.05, 3.63) is 52.8 Å². The van der Waals surface area contributed by atoms with Crippen LogP contribution in [-0.2, 0) is 6.42 Å². The molecule has 0 unspecified atom stereocenters. The zero-order chi connectivity index (χ0) is 22.0. The molecular weight excluding hydrogens is 393 g/mol. The number of nitrogens with one attached hydrogen (secondary N) is 3. The molecule has 2 aliphatic rings. The number of aromatic nitrogens is 1. The third-order valence-electron chi connectivity index (χ3n) is 6.55. The van der Waals surface area contributed by atoms with Gasteiger partial charge in [-0.3, -0.25) is 15.0 Å². The predicted octanol–water partition coefficient (Wildman–Crippen LogP) is 2.56. The lowest BCUT2D eigenvalue weighted by molar-refractivity contribution is -0.0920. The van der Waals surface area contributed by atoms with Crippen LogP contribution in [0.2, 0.25) is 0 Å². The highest BCUT2D eigenvalue weighted by Crippen LogP contribution is 2.52. The van der Waals surface area contributed by atoms with E-state index in [-0.39, 0.29) is 5.36 Å². The minimum absolute atomic E-state index is 0.254. The maximum absolute atomic E-state index is 14.0. The second kappa shape index (κ2) is 8.63. The molecule has 0 atom stereocenters. The second-order valence-corrected chi connectivity index (χ2v) is 8.85. The van der Waals surface area contributed by atoms with Crippen LogP contribution in [0.25, 0.3) is 0 Å². The van der Waals surface area contributed by atoms with Gasteiger partial charge in [0.1, 0.15) is 5.82 Å². The zero-order valence-electron chi connectivity index (χ0n) is 17.9. The van der Waals surface area contributed by atoms with E-state index >= 15 is 0 Å². The molecule has 0 amide bonds. The molecule has 1 saturated carbocycles. The van der Waals surface area contributed by atoms with Crippen LogP contribution in [0.5, 0.6) is 0 Å². The summed E-state index contributed by atoms with van der Waals surface area (Å²) in [5.74, 6) is 0.562. The topological polar surface area (TPSA) is 106 Å². The molecule has 1 saturated heterocycles. The van der Waals surface area contributed by atoms with E-state index in [1.54, 1.807) is 0 Å². The van der Waals surface area contributed by atoms with Crippen LogP contribution < -0.4 is 16.4 Å². The number of rotatable bonds is 8. The van der Waals surface area contributed by atoms with Crippen molar-refractivity contribution in [2.24, 2.45) is 16.3 Å². The summed E-state index contributed by atoms with van der Waals surface area (Å²) in [6.07, 6.45) is 7.15. The van der Waals surface area contributed by atoms with Crippen molar-refractivity contribution in [2.75, 3.05) is 44.3 Å². The third kappa shape index (κ3) is 4.39. The summed E-state index contributed by atoms with van der Waals surface area (Å²) >= 11 is 0. The van der Waals surface area contributed by atoms with Crippen LogP contribution in [0.1, 0.15) is 24.0 Å². The number of halogens is 1. The van der Waals surface area contributed by atoms with Crippen molar-refractivity contribution in [3.63, 3.8) is 0 Å². The Balaban J connectivity index is 1.23. The highest BCUT2D eigenvalue weighted by atomic mass is 19.1. The van der Waals surface area contributed by atoms with E-state index in [1.807, 2.05) is 13.1 Å². The molecule has 4 rings (SSSR count). The molecule has 1 spiro atoms. The summed E-state index contributed by atoms with van der Waals surface area (Å²) in [7, 11) is 1.90. The molecule has 164 valence electrons. The number of likely N-dealkylation sites (tertiary alicyclic amines) is 1. The normalized spacial score (nSPS) is 18.5. The maximum atomic E-state index is 14.0. The van der Waals surface area contributed by atoms with Crippen LogP contribution in [-0.4, -0.2) is 55.2 Å². The Bertz CT molecular complexity index is 1040. The van der Waals surface area contributed by atoms with Crippen LogP contribution >= 0.6 is 0 Å². The Morgan fingerprint density at radius 2 is 2.06 bits per heavy atom. The van der Waals surface area contributed by atoms with E-state index in [9.17, 15) is 4.39 Å². The highest BCUT2D eigenvalue weighted by Gasteiger charge is 2.51. The van der Waals surface area contributed by atoms with Crippen LogP contribution in [0, 0.1) is 28.0 Å². The smallest absolute Gasteiger partial charge is 0.165 e. The van der Waals surface area contributed by atoms with Gasteiger partial charge in [0.05, 0.1) is 18.2 Å². The van der Waals surface area contributed by atoms with Gasteiger partial charge in [0.25, 0.3) is 0 Å². The fraction of sp³-hybridized carbons (Fsp3) is 0.435. The van der Waals surface area contributed by atoms with Gasteiger partial charge in [-0.2, -0.15) is 0 Å². The van der Waals surface area contributed by atoms with E-state index in [0.717, 1.165) is 49.6 Å². The first-order valence-corrected chi connectivity index (χ1v) is 10.7. The molecular formula is C23H30FN7. The Hall–Kier alpha value is -3.00. The first-order valence-electron chi connectivity index (χ1n) is 10.7. The second-order valence-electron chi connectivity index (χ2n) is 8.85. The molecule has 1 aromatic carbocycles. The quantitative estimate of drug-likeness (QED) is 0.387. The Morgan fingerprint density at radius 1 is 1.29 bits per heavy atom. The molecule has 8 heteroatoms. The first-order chi connectivity index (χ1) is 14.9. The standard InChI is InChI=1S/C23H30FN7/c1-28-20-7-16(2-3-18(20)11-25)6-17-9-23(10-17)13-30(14-23)5-4-29-21-8-22(27)31(15-26)12-19(21)24/h2-3,7-8,11-12,15,17,25-26,28H,4-6,9-10,13-14,27H2,1H3. The predicted molar refractivity (Wildman–Crippen MR) is 123 cm³/mol.